The van der Waals surface area contributed by atoms with E-state index in [0.717, 1.165) is 19.2 Å². The van der Waals surface area contributed by atoms with Crippen LogP contribution in [0.5, 0.6) is 0 Å². The third-order valence-electron chi connectivity index (χ3n) is 3.27. The number of hydrogen-bond acceptors (Lipinski definition) is 4. The molecule has 0 saturated heterocycles. The Labute approximate surface area is 120 Å². The van der Waals surface area contributed by atoms with Gasteiger partial charge in [-0.3, -0.25) is 4.79 Å². The van der Waals surface area contributed by atoms with Gasteiger partial charge in [-0.05, 0) is 19.1 Å². The maximum Gasteiger partial charge on any atom is 0.417 e. The van der Waals surface area contributed by atoms with Gasteiger partial charge in [0.25, 0.3) is 0 Å². The minimum Gasteiger partial charge on any atom is -0.469 e. The Morgan fingerprint density at radius 2 is 1.71 bits per heavy atom. The number of esters is 1. The zero-order chi connectivity index (χ0) is 16.4. The van der Waals surface area contributed by atoms with Gasteiger partial charge in [0.05, 0.1) is 28.7 Å². The number of rotatable bonds is 4. The Kier molecular flexibility index (Phi) is 5.03. The zero-order valence-corrected chi connectivity index (χ0v) is 12.5. The van der Waals surface area contributed by atoms with Crippen molar-refractivity contribution in [2.24, 2.45) is 5.92 Å². The molecular weight excluding hydrogens is 309 g/mol. The van der Waals surface area contributed by atoms with Crippen LogP contribution in [-0.4, -0.2) is 26.7 Å². The topological polar surface area (TPSA) is 60.4 Å². The largest absolute Gasteiger partial charge is 0.469 e. The van der Waals surface area contributed by atoms with Gasteiger partial charge in [0.1, 0.15) is 0 Å². The molecule has 118 valence electrons. The number of benzene rings is 1. The molecule has 0 aliphatic carbocycles. The van der Waals surface area contributed by atoms with E-state index in [0.29, 0.717) is 6.07 Å². The molecule has 2 atom stereocenters. The lowest BCUT2D eigenvalue weighted by atomic mass is 10.1. The van der Waals surface area contributed by atoms with Gasteiger partial charge in [-0.25, -0.2) is 8.42 Å². The zero-order valence-electron chi connectivity index (χ0n) is 11.6. The quantitative estimate of drug-likeness (QED) is 0.799. The molecule has 1 aromatic carbocycles. The third-order valence-corrected chi connectivity index (χ3v) is 5.62. The van der Waals surface area contributed by atoms with Crippen molar-refractivity contribution < 1.29 is 31.1 Å². The lowest BCUT2D eigenvalue weighted by molar-refractivity contribution is -0.144. The summed E-state index contributed by atoms with van der Waals surface area (Å²) in [5, 5.41) is -1.34. The summed E-state index contributed by atoms with van der Waals surface area (Å²) in [6, 6.07) is 3.90. The predicted molar refractivity (Wildman–Crippen MR) is 69.3 cm³/mol. The van der Waals surface area contributed by atoms with Crippen LogP contribution in [0.2, 0.25) is 0 Å². The van der Waals surface area contributed by atoms with Gasteiger partial charge in [-0.1, -0.05) is 19.1 Å². The average Bonchev–Trinajstić information content (AvgIpc) is 2.43. The number of halogens is 3. The Morgan fingerprint density at radius 3 is 2.19 bits per heavy atom. The summed E-state index contributed by atoms with van der Waals surface area (Å²) in [5.74, 6) is -1.88. The van der Waals surface area contributed by atoms with Gasteiger partial charge in [0.2, 0.25) is 0 Å². The third kappa shape index (κ3) is 3.55. The molecule has 0 spiro atoms. The van der Waals surface area contributed by atoms with E-state index in [-0.39, 0.29) is 0 Å². The van der Waals surface area contributed by atoms with E-state index in [9.17, 15) is 26.4 Å². The Bertz CT molecular complexity index is 623. The van der Waals surface area contributed by atoms with Crippen LogP contribution >= 0.6 is 0 Å². The van der Waals surface area contributed by atoms with E-state index in [1.807, 2.05) is 0 Å². The van der Waals surface area contributed by atoms with Crippen molar-refractivity contribution in [1.29, 1.82) is 0 Å². The van der Waals surface area contributed by atoms with Crippen molar-refractivity contribution in [2.45, 2.75) is 30.2 Å². The van der Waals surface area contributed by atoms with Gasteiger partial charge in [-0.2, -0.15) is 13.2 Å². The summed E-state index contributed by atoms with van der Waals surface area (Å²) in [6.45, 7) is 2.48. The van der Waals surface area contributed by atoms with Crippen molar-refractivity contribution in [3.63, 3.8) is 0 Å². The molecule has 8 heteroatoms. The number of methoxy groups -OCH3 is 1. The van der Waals surface area contributed by atoms with Crippen LogP contribution in [0.25, 0.3) is 0 Å². The Morgan fingerprint density at radius 1 is 1.19 bits per heavy atom. The molecule has 21 heavy (non-hydrogen) atoms. The number of carbonyl (C=O) groups is 1. The second-order valence-corrected chi connectivity index (χ2v) is 6.83. The second kappa shape index (κ2) is 6.05. The minimum absolute atomic E-state index is 0.697. The number of alkyl halides is 3. The first kappa shape index (κ1) is 17.5. The maximum absolute atomic E-state index is 12.9. The lowest BCUT2D eigenvalue weighted by Gasteiger charge is -2.20. The molecule has 2 unspecified atom stereocenters. The molecule has 0 saturated carbocycles. The average molecular weight is 324 g/mol. The normalized spacial score (nSPS) is 15.3. The van der Waals surface area contributed by atoms with Gasteiger partial charge in [0, 0.05) is 0 Å². The highest BCUT2D eigenvalue weighted by Crippen LogP contribution is 2.36. The van der Waals surface area contributed by atoms with Crippen molar-refractivity contribution in [1.82, 2.24) is 0 Å². The molecule has 0 amide bonds. The van der Waals surface area contributed by atoms with Gasteiger partial charge < -0.3 is 4.74 Å². The fraction of sp³-hybridized carbons (Fsp3) is 0.462. The van der Waals surface area contributed by atoms with Crippen LogP contribution in [-0.2, 0) is 25.5 Å². The fourth-order valence-electron chi connectivity index (χ4n) is 1.80. The molecular formula is C13H15F3O4S. The molecule has 0 fully saturated rings. The van der Waals surface area contributed by atoms with Gasteiger partial charge in [0.15, 0.2) is 9.84 Å². The smallest absolute Gasteiger partial charge is 0.417 e. The van der Waals surface area contributed by atoms with E-state index < -0.39 is 43.6 Å². The number of carbonyl (C=O) groups excluding carboxylic acids is 1. The Balaban J connectivity index is 3.36. The molecule has 0 bridgehead atoms. The first-order valence-electron chi connectivity index (χ1n) is 6.01. The van der Waals surface area contributed by atoms with Crippen molar-refractivity contribution in [3.8, 4) is 0 Å². The lowest BCUT2D eigenvalue weighted by Crippen LogP contribution is -2.32. The first-order chi connectivity index (χ1) is 9.53. The minimum atomic E-state index is -4.79. The fourth-order valence-corrected chi connectivity index (χ4v) is 3.60. The molecule has 0 radical (unpaired) electrons. The van der Waals surface area contributed by atoms with Gasteiger partial charge >= 0.3 is 12.1 Å². The highest BCUT2D eigenvalue weighted by Gasteiger charge is 2.40. The van der Waals surface area contributed by atoms with Crippen LogP contribution in [0.1, 0.15) is 19.4 Å². The van der Waals surface area contributed by atoms with Crippen LogP contribution in [0.4, 0.5) is 13.2 Å². The van der Waals surface area contributed by atoms with Crippen LogP contribution in [0.3, 0.4) is 0 Å². The molecule has 1 rings (SSSR count). The van der Waals surface area contributed by atoms with E-state index in [1.54, 1.807) is 0 Å². The molecule has 0 heterocycles. The highest BCUT2D eigenvalue weighted by atomic mass is 32.2. The summed E-state index contributed by atoms with van der Waals surface area (Å²) in [6.07, 6.45) is -4.79. The van der Waals surface area contributed by atoms with Crippen molar-refractivity contribution >= 4 is 15.8 Å². The molecule has 0 aliphatic heterocycles. The molecule has 0 aliphatic rings. The number of hydrogen-bond donors (Lipinski definition) is 0. The summed E-state index contributed by atoms with van der Waals surface area (Å²) in [7, 11) is -3.24. The molecule has 1 aromatic rings. The molecule has 0 aromatic heterocycles. The first-order valence-corrected chi connectivity index (χ1v) is 7.56. The van der Waals surface area contributed by atoms with E-state index in [1.165, 1.54) is 19.9 Å². The molecule has 0 N–H and O–H groups in total. The number of ether oxygens (including phenoxy) is 1. The van der Waals surface area contributed by atoms with Gasteiger partial charge in [-0.15, -0.1) is 0 Å². The standard InChI is InChI=1S/C13H15F3O4S/c1-8(12(17)20-3)9(2)21(18,19)11-7-5-4-6-10(11)13(14,15)16/h4-9H,1-3H3. The maximum atomic E-state index is 12.9. The Hall–Kier alpha value is -1.57. The number of sulfone groups is 1. The summed E-state index contributed by atoms with van der Waals surface area (Å²) < 4.78 is 67.9. The van der Waals surface area contributed by atoms with E-state index in [2.05, 4.69) is 4.74 Å². The predicted octanol–water partition coefficient (Wildman–Crippen LogP) is 2.68. The summed E-state index contributed by atoms with van der Waals surface area (Å²) >= 11 is 0. The van der Waals surface area contributed by atoms with Crippen LogP contribution < -0.4 is 0 Å². The van der Waals surface area contributed by atoms with Crippen molar-refractivity contribution in [2.75, 3.05) is 7.11 Å². The summed E-state index contributed by atoms with van der Waals surface area (Å²) in [4.78, 5) is 10.6. The summed E-state index contributed by atoms with van der Waals surface area (Å²) in [5.41, 5.74) is -1.24. The monoisotopic (exact) mass is 324 g/mol. The van der Waals surface area contributed by atoms with E-state index in [4.69, 9.17) is 0 Å². The van der Waals surface area contributed by atoms with Crippen LogP contribution in [0.15, 0.2) is 29.2 Å². The highest BCUT2D eigenvalue weighted by molar-refractivity contribution is 7.92. The van der Waals surface area contributed by atoms with Crippen molar-refractivity contribution in [3.05, 3.63) is 29.8 Å². The SMILES string of the molecule is COC(=O)C(C)C(C)S(=O)(=O)c1ccccc1C(F)(F)F. The van der Waals surface area contributed by atoms with Crippen LogP contribution in [0, 0.1) is 5.92 Å². The van der Waals surface area contributed by atoms with E-state index >= 15 is 0 Å². The molecule has 4 nitrogen and oxygen atoms in total. The second-order valence-electron chi connectivity index (χ2n) is 4.56.